The van der Waals surface area contributed by atoms with Crippen molar-refractivity contribution in [1.82, 2.24) is 0 Å². The predicted molar refractivity (Wildman–Crippen MR) is 119 cm³/mol. The second-order valence-electron chi connectivity index (χ2n) is 8.44. The normalized spacial score (nSPS) is 17.7. The summed E-state index contributed by atoms with van der Waals surface area (Å²) in [6.45, 7) is 3.41. The fourth-order valence-corrected chi connectivity index (χ4v) is 3.91. The molecule has 0 unspecified atom stereocenters. The molecule has 0 saturated heterocycles. The molecule has 1 saturated carbocycles. The maximum absolute atomic E-state index is 14.5. The first-order chi connectivity index (χ1) is 16.4. The molecule has 5 nitrogen and oxygen atoms in total. The van der Waals surface area contributed by atoms with E-state index in [2.05, 4.69) is 6.92 Å². The topological polar surface area (TPSA) is 68.6 Å². The molecule has 34 heavy (non-hydrogen) atoms. The lowest BCUT2D eigenvalue weighted by Crippen LogP contribution is -2.25. The molecular weight excluding hydrogens is 447 g/mol. The van der Waals surface area contributed by atoms with Crippen LogP contribution in [0.4, 0.5) is 13.2 Å². The van der Waals surface area contributed by atoms with Crippen molar-refractivity contribution < 1.29 is 32.2 Å². The Morgan fingerprint density at radius 3 is 2.29 bits per heavy atom. The Kier molecular flexibility index (Phi) is 9.34. The minimum Gasteiger partial charge on any atom is -0.493 e. The van der Waals surface area contributed by atoms with Gasteiger partial charge in [0.25, 0.3) is 0 Å². The van der Waals surface area contributed by atoms with Gasteiger partial charge in [-0.25, -0.2) is 18.0 Å². The first kappa shape index (κ1) is 25.6. The van der Waals surface area contributed by atoms with E-state index in [0.29, 0.717) is 30.8 Å². The number of hydrogen-bond acceptors (Lipinski definition) is 5. The highest BCUT2D eigenvalue weighted by atomic mass is 19.1. The first-order valence-corrected chi connectivity index (χ1v) is 11.6. The number of nitriles is 1. The van der Waals surface area contributed by atoms with Gasteiger partial charge in [0.1, 0.15) is 40.6 Å². The fraction of sp³-hybridized carbons (Fsp3) is 0.462. The Bertz CT molecular complexity index is 1010. The third-order valence-corrected chi connectivity index (χ3v) is 5.88. The highest BCUT2D eigenvalue weighted by Gasteiger charge is 2.23. The van der Waals surface area contributed by atoms with Crippen molar-refractivity contribution in [3.63, 3.8) is 0 Å². The van der Waals surface area contributed by atoms with Gasteiger partial charge < -0.3 is 14.2 Å². The van der Waals surface area contributed by atoms with Crippen molar-refractivity contribution >= 4 is 5.97 Å². The average Bonchev–Trinajstić information content (AvgIpc) is 2.81. The lowest BCUT2D eigenvalue weighted by atomic mass is 9.88. The van der Waals surface area contributed by atoms with Crippen LogP contribution < -0.4 is 9.47 Å². The van der Waals surface area contributed by atoms with Crippen LogP contribution in [0.1, 0.15) is 67.8 Å². The van der Waals surface area contributed by atoms with Gasteiger partial charge in [0, 0.05) is 24.8 Å². The largest absolute Gasteiger partial charge is 0.493 e. The molecule has 0 atom stereocenters. The van der Waals surface area contributed by atoms with E-state index in [1.165, 1.54) is 31.0 Å². The van der Waals surface area contributed by atoms with Crippen LogP contribution in [0, 0.1) is 34.7 Å². The van der Waals surface area contributed by atoms with Gasteiger partial charge in [0.15, 0.2) is 0 Å². The number of benzene rings is 2. The molecule has 0 amide bonds. The SMILES string of the molecule is CCCCCOC1CCC(COc2ccc(C(=O)Oc3cc(F)c(C#N)c(F)c3)c(F)c2)CC1. The van der Waals surface area contributed by atoms with Crippen LogP contribution in [0.5, 0.6) is 11.5 Å². The van der Waals surface area contributed by atoms with Crippen molar-refractivity contribution in [3.05, 3.63) is 58.9 Å². The highest BCUT2D eigenvalue weighted by molar-refractivity contribution is 5.91. The molecule has 0 bridgehead atoms. The van der Waals surface area contributed by atoms with Crippen LogP contribution in [-0.4, -0.2) is 25.3 Å². The average molecular weight is 476 g/mol. The molecule has 182 valence electrons. The summed E-state index contributed by atoms with van der Waals surface area (Å²) in [5.41, 5.74) is -1.20. The number of carbonyl (C=O) groups is 1. The van der Waals surface area contributed by atoms with Crippen molar-refractivity contribution in [2.24, 2.45) is 5.92 Å². The molecule has 0 N–H and O–H groups in total. The highest BCUT2D eigenvalue weighted by Crippen LogP contribution is 2.28. The summed E-state index contributed by atoms with van der Waals surface area (Å²) in [6, 6.07) is 6.49. The van der Waals surface area contributed by atoms with Gasteiger partial charge in [-0.1, -0.05) is 19.8 Å². The zero-order valence-corrected chi connectivity index (χ0v) is 19.1. The molecule has 0 radical (unpaired) electrons. The molecule has 0 spiro atoms. The number of halogens is 3. The number of hydrogen-bond donors (Lipinski definition) is 0. The maximum atomic E-state index is 14.5. The molecule has 1 fully saturated rings. The lowest BCUT2D eigenvalue weighted by molar-refractivity contribution is 0.0112. The van der Waals surface area contributed by atoms with E-state index in [0.717, 1.165) is 44.8 Å². The monoisotopic (exact) mass is 475 g/mol. The molecule has 2 aromatic rings. The minimum absolute atomic E-state index is 0.280. The van der Waals surface area contributed by atoms with E-state index in [-0.39, 0.29) is 5.75 Å². The lowest BCUT2D eigenvalue weighted by Gasteiger charge is -2.28. The zero-order valence-electron chi connectivity index (χ0n) is 19.1. The third kappa shape index (κ3) is 6.97. The van der Waals surface area contributed by atoms with Crippen LogP contribution in [0.25, 0.3) is 0 Å². The van der Waals surface area contributed by atoms with Gasteiger partial charge >= 0.3 is 5.97 Å². The molecule has 1 aliphatic rings. The number of nitrogens with zero attached hydrogens (tertiary/aromatic N) is 1. The summed E-state index contributed by atoms with van der Waals surface area (Å²) in [7, 11) is 0. The van der Waals surface area contributed by atoms with E-state index >= 15 is 0 Å². The first-order valence-electron chi connectivity index (χ1n) is 11.6. The number of carbonyl (C=O) groups excluding carboxylic acids is 1. The summed E-state index contributed by atoms with van der Waals surface area (Å²) >= 11 is 0. The molecule has 3 rings (SSSR count). The van der Waals surface area contributed by atoms with Gasteiger partial charge in [0.05, 0.1) is 18.3 Å². The summed E-state index contributed by atoms with van der Waals surface area (Å²) in [4.78, 5) is 12.2. The number of unbranched alkanes of at least 4 members (excludes halogenated alkanes) is 2. The van der Waals surface area contributed by atoms with Crippen molar-refractivity contribution in [3.8, 4) is 17.6 Å². The standard InChI is InChI=1S/C26H28F3NO4/c1-2-3-4-11-32-18-7-5-17(6-8-18)16-33-19-9-10-21(23(27)12-19)26(31)34-20-13-24(28)22(15-30)25(29)14-20/h9-10,12-14,17-18H,2-8,11,16H2,1H3. The Morgan fingerprint density at radius 1 is 1.00 bits per heavy atom. The smallest absolute Gasteiger partial charge is 0.346 e. The maximum Gasteiger partial charge on any atom is 0.346 e. The van der Waals surface area contributed by atoms with Crippen LogP contribution in [0.3, 0.4) is 0 Å². The quantitative estimate of drug-likeness (QED) is 0.228. The Morgan fingerprint density at radius 2 is 1.68 bits per heavy atom. The third-order valence-electron chi connectivity index (χ3n) is 5.88. The molecule has 2 aromatic carbocycles. The van der Waals surface area contributed by atoms with Crippen LogP contribution in [0.2, 0.25) is 0 Å². The summed E-state index contributed by atoms with van der Waals surface area (Å²) in [6.07, 6.45) is 7.66. The zero-order chi connectivity index (χ0) is 24.5. The second kappa shape index (κ2) is 12.4. The molecule has 1 aliphatic carbocycles. The summed E-state index contributed by atoms with van der Waals surface area (Å²) in [5.74, 6) is -4.18. The van der Waals surface area contributed by atoms with E-state index in [9.17, 15) is 18.0 Å². The van der Waals surface area contributed by atoms with Crippen LogP contribution >= 0.6 is 0 Å². The van der Waals surface area contributed by atoms with Gasteiger partial charge in [-0.05, 0) is 50.2 Å². The molecule has 0 heterocycles. The number of rotatable bonds is 10. The fourth-order valence-electron chi connectivity index (χ4n) is 3.91. The predicted octanol–water partition coefficient (Wildman–Crippen LogP) is 6.34. The van der Waals surface area contributed by atoms with Gasteiger partial charge in [0.2, 0.25) is 0 Å². The second-order valence-corrected chi connectivity index (χ2v) is 8.44. The Hall–Kier alpha value is -3.05. The van der Waals surface area contributed by atoms with Gasteiger partial charge in [-0.15, -0.1) is 0 Å². The number of esters is 1. The Balaban J connectivity index is 1.49. The van der Waals surface area contributed by atoms with E-state index < -0.39 is 40.3 Å². The summed E-state index contributed by atoms with van der Waals surface area (Å²) < 4.78 is 58.4. The minimum atomic E-state index is -1.17. The molecule has 0 aliphatic heterocycles. The van der Waals surface area contributed by atoms with E-state index in [1.54, 1.807) is 0 Å². The van der Waals surface area contributed by atoms with Crippen LogP contribution in [0.15, 0.2) is 30.3 Å². The molecule has 0 aromatic heterocycles. The summed E-state index contributed by atoms with van der Waals surface area (Å²) in [5, 5.41) is 8.69. The molecule has 8 heteroatoms. The van der Waals surface area contributed by atoms with Crippen molar-refractivity contribution in [2.45, 2.75) is 58.0 Å². The van der Waals surface area contributed by atoms with Gasteiger partial charge in [-0.2, -0.15) is 5.26 Å². The van der Waals surface area contributed by atoms with E-state index in [1.807, 2.05) is 0 Å². The number of ether oxygens (including phenoxy) is 3. The molecular formula is C26H28F3NO4. The van der Waals surface area contributed by atoms with Crippen LogP contribution in [-0.2, 0) is 4.74 Å². The van der Waals surface area contributed by atoms with Gasteiger partial charge in [-0.3, -0.25) is 0 Å². The van der Waals surface area contributed by atoms with Crippen molar-refractivity contribution in [1.29, 1.82) is 5.26 Å². The van der Waals surface area contributed by atoms with Crippen molar-refractivity contribution in [2.75, 3.05) is 13.2 Å². The Labute approximate surface area is 197 Å². The van der Waals surface area contributed by atoms with E-state index in [4.69, 9.17) is 19.5 Å².